The van der Waals surface area contributed by atoms with Gasteiger partial charge in [-0.2, -0.15) is 0 Å². The van der Waals surface area contributed by atoms with E-state index in [0.717, 1.165) is 87.6 Å². The summed E-state index contributed by atoms with van der Waals surface area (Å²) in [5, 5.41) is 0. The van der Waals surface area contributed by atoms with E-state index in [9.17, 15) is 0 Å². The van der Waals surface area contributed by atoms with Gasteiger partial charge in [0.15, 0.2) is 11.5 Å². The second kappa shape index (κ2) is 39.3. The van der Waals surface area contributed by atoms with E-state index in [-0.39, 0.29) is 13.6 Å². The highest BCUT2D eigenvalue weighted by Crippen LogP contribution is 2.19. The van der Waals surface area contributed by atoms with E-state index in [0.29, 0.717) is 26.4 Å². The van der Waals surface area contributed by atoms with Crippen molar-refractivity contribution in [2.24, 2.45) is 0 Å². The lowest BCUT2D eigenvalue weighted by Crippen LogP contribution is -2.14. The summed E-state index contributed by atoms with van der Waals surface area (Å²) in [7, 11) is 0. The van der Waals surface area contributed by atoms with E-state index >= 15 is 0 Å². The zero-order valence-corrected chi connectivity index (χ0v) is 33.5. The Hall–Kier alpha value is -1.44. The SMILES string of the molecule is CCCCCCCOC(CCC)=C(COCOCOCC(OCCCCCCC)=C(CCC)OCCCCCCC)OCCCCCCC. The molecule has 0 saturated carbocycles. The maximum atomic E-state index is 6.28. The normalized spacial score (nSPS) is 12.5. The molecule has 0 N–H and O–H groups in total. The van der Waals surface area contributed by atoms with Gasteiger partial charge in [0, 0.05) is 12.8 Å². The van der Waals surface area contributed by atoms with Gasteiger partial charge in [-0.3, -0.25) is 0 Å². The topological polar surface area (TPSA) is 64.6 Å². The van der Waals surface area contributed by atoms with E-state index in [4.69, 9.17) is 33.2 Å². The van der Waals surface area contributed by atoms with Crippen LogP contribution in [0.2, 0.25) is 0 Å². The molecule has 0 heterocycles. The molecule has 0 spiro atoms. The lowest BCUT2D eigenvalue weighted by Gasteiger charge is -2.18. The first-order chi connectivity index (χ1) is 24.2. The van der Waals surface area contributed by atoms with E-state index in [1.807, 2.05) is 0 Å². The van der Waals surface area contributed by atoms with Crippen LogP contribution in [0.1, 0.15) is 196 Å². The quantitative estimate of drug-likeness (QED) is 0.0358. The van der Waals surface area contributed by atoms with Crippen LogP contribution in [-0.2, 0) is 33.2 Å². The minimum absolute atomic E-state index is 0.118. The Kier molecular flexibility index (Phi) is 38.2. The summed E-state index contributed by atoms with van der Waals surface area (Å²) in [6, 6.07) is 0. The van der Waals surface area contributed by atoms with Crippen LogP contribution < -0.4 is 0 Å². The molecule has 0 aromatic heterocycles. The largest absolute Gasteiger partial charge is 0.494 e. The molecule has 0 atom stereocenters. The Morgan fingerprint density at radius 1 is 0.286 bits per heavy atom. The number of allylic oxidation sites excluding steroid dienone is 2. The summed E-state index contributed by atoms with van der Waals surface area (Å²) < 4.78 is 42.7. The third-order valence-electron chi connectivity index (χ3n) is 8.47. The van der Waals surface area contributed by atoms with Gasteiger partial charge in [0.1, 0.15) is 38.3 Å². The highest BCUT2D eigenvalue weighted by atomic mass is 16.7. The van der Waals surface area contributed by atoms with Crippen molar-refractivity contribution < 1.29 is 33.2 Å². The summed E-state index contributed by atoms with van der Waals surface area (Å²) in [5.74, 6) is 3.48. The number of ether oxygens (including phenoxy) is 7. The van der Waals surface area contributed by atoms with E-state index in [1.165, 1.54) is 103 Å². The number of hydrogen-bond acceptors (Lipinski definition) is 7. The van der Waals surface area contributed by atoms with Crippen molar-refractivity contribution in [1.29, 1.82) is 0 Å². The van der Waals surface area contributed by atoms with Crippen molar-refractivity contribution in [1.82, 2.24) is 0 Å². The van der Waals surface area contributed by atoms with E-state index in [2.05, 4.69) is 41.5 Å². The molecule has 0 unspecified atom stereocenters. The van der Waals surface area contributed by atoms with Crippen LogP contribution in [0.15, 0.2) is 23.0 Å². The average molecular weight is 699 g/mol. The zero-order chi connectivity index (χ0) is 35.9. The summed E-state index contributed by atoms with van der Waals surface area (Å²) in [5.41, 5.74) is 0. The standard InChI is InChI=1S/C42H82O7/c1-7-13-17-21-25-31-46-39(29-11-5)41(48-33-27-23-19-15-9-3)35-43-37-45-38-44-36-42(49-34-28-24-20-16-10-4)40(30-12-6)47-32-26-22-18-14-8-2/h7-38H2,1-6H3. The lowest BCUT2D eigenvalue weighted by molar-refractivity contribution is -0.132. The van der Waals surface area contributed by atoms with Crippen LogP contribution in [0.25, 0.3) is 0 Å². The number of unbranched alkanes of at least 4 members (excludes halogenated alkanes) is 16. The summed E-state index contributed by atoms with van der Waals surface area (Å²) >= 11 is 0. The molecule has 0 saturated heterocycles. The van der Waals surface area contributed by atoms with Crippen LogP contribution in [0.3, 0.4) is 0 Å². The maximum absolute atomic E-state index is 6.28. The van der Waals surface area contributed by atoms with Gasteiger partial charge in [-0.25, -0.2) is 0 Å². The Morgan fingerprint density at radius 3 is 0.857 bits per heavy atom. The van der Waals surface area contributed by atoms with Gasteiger partial charge < -0.3 is 33.2 Å². The molecule has 0 amide bonds. The Bertz CT molecular complexity index is 677. The van der Waals surface area contributed by atoms with Gasteiger partial charge in [-0.15, -0.1) is 0 Å². The Balaban J connectivity index is 5.06. The second-order valence-electron chi connectivity index (χ2n) is 13.4. The third kappa shape index (κ3) is 31.1. The maximum Gasteiger partial charge on any atom is 0.159 e. The van der Waals surface area contributed by atoms with Gasteiger partial charge in [0.25, 0.3) is 0 Å². The highest BCUT2D eigenvalue weighted by molar-refractivity contribution is 5.03. The first-order valence-electron chi connectivity index (χ1n) is 20.9. The highest BCUT2D eigenvalue weighted by Gasteiger charge is 2.13. The summed E-state index contributed by atoms with van der Waals surface area (Å²) in [6.45, 7) is 17.1. The third-order valence-corrected chi connectivity index (χ3v) is 8.47. The number of hydrogen-bond donors (Lipinski definition) is 0. The lowest BCUT2D eigenvalue weighted by atomic mass is 10.1. The summed E-state index contributed by atoms with van der Waals surface area (Å²) in [4.78, 5) is 0. The smallest absolute Gasteiger partial charge is 0.159 e. The minimum atomic E-state index is 0.118. The van der Waals surface area contributed by atoms with E-state index in [1.54, 1.807) is 0 Å². The molecule has 0 radical (unpaired) electrons. The molecule has 0 aliphatic heterocycles. The fraction of sp³-hybridized carbons (Fsp3) is 0.905. The van der Waals surface area contributed by atoms with Crippen molar-refractivity contribution in [2.45, 2.75) is 196 Å². The molecule has 7 heteroatoms. The predicted molar refractivity (Wildman–Crippen MR) is 205 cm³/mol. The molecular weight excluding hydrogens is 616 g/mol. The first kappa shape index (κ1) is 47.6. The molecule has 0 aromatic rings. The van der Waals surface area contributed by atoms with Crippen LogP contribution in [0.5, 0.6) is 0 Å². The monoisotopic (exact) mass is 699 g/mol. The Labute approximate surface area is 304 Å². The van der Waals surface area contributed by atoms with E-state index < -0.39 is 0 Å². The second-order valence-corrected chi connectivity index (χ2v) is 13.4. The molecule has 0 aliphatic carbocycles. The van der Waals surface area contributed by atoms with Crippen LogP contribution in [0.4, 0.5) is 0 Å². The molecule has 0 aliphatic rings. The van der Waals surface area contributed by atoms with Gasteiger partial charge in [-0.05, 0) is 38.5 Å². The van der Waals surface area contributed by atoms with Gasteiger partial charge in [0.05, 0.1) is 26.4 Å². The average Bonchev–Trinajstić information content (AvgIpc) is 3.11. The molecule has 0 rings (SSSR count). The molecule has 0 bridgehead atoms. The van der Waals surface area contributed by atoms with Crippen LogP contribution >= 0.6 is 0 Å². The van der Waals surface area contributed by atoms with Crippen molar-refractivity contribution in [3.63, 3.8) is 0 Å². The van der Waals surface area contributed by atoms with Gasteiger partial charge in [0.2, 0.25) is 0 Å². The number of rotatable bonds is 40. The van der Waals surface area contributed by atoms with Gasteiger partial charge >= 0.3 is 0 Å². The van der Waals surface area contributed by atoms with Crippen LogP contribution in [-0.4, -0.2) is 53.2 Å². The molecular formula is C42H82O7. The fourth-order valence-corrected chi connectivity index (χ4v) is 5.47. The van der Waals surface area contributed by atoms with Crippen LogP contribution in [0, 0.1) is 0 Å². The minimum Gasteiger partial charge on any atom is -0.494 e. The van der Waals surface area contributed by atoms with Crippen molar-refractivity contribution >= 4 is 0 Å². The van der Waals surface area contributed by atoms with Crippen molar-refractivity contribution in [3.05, 3.63) is 23.0 Å². The molecule has 49 heavy (non-hydrogen) atoms. The first-order valence-corrected chi connectivity index (χ1v) is 20.9. The van der Waals surface area contributed by atoms with Gasteiger partial charge in [-0.1, -0.05) is 144 Å². The van der Waals surface area contributed by atoms with Crippen molar-refractivity contribution in [3.8, 4) is 0 Å². The fourth-order valence-electron chi connectivity index (χ4n) is 5.47. The molecule has 0 aromatic carbocycles. The molecule has 0 fully saturated rings. The van der Waals surface area contributed by atoms with Crippen molar-refractivity contribution in [2.75, 3.05) is 53.2 Å². The predicted octanol–water partition coefficient (Wildman–Crippen LogP) is 12.9. The Morgan fingerprint density at radius 2 is 0.571 bits per heavy atom. The molecule has 7 nitrogen and oxygen atoms in total. The summed E-state index contributed by atoms with van der Waals surface area (Å²) in [6.07, 6.45) is 27.9. The zero-order valence-electron chi connectivity index (χ0n) is 33.5. The molecule has 292 valence electrons.